The van der Waals surface area contributed by atoms with Gasteiger partial charge in [-0.25, -0.2) is 4.98 Å². The number of likely N-dealkylation sites (tertiary alicyclic amines) is 1. The molecule has 1 aromatic heterocycles. The largest absolute Gasteiger partial charge is 0.386 e. The fourth-order valence-electron chi connectivity index (χ4n) is 5.70. The highest BCUT2D eigenvalue weighted by Crippen LogP contribution is 2.32. The quantitative estimate of drug-likeness (QED) is 0.296. The van der Waals surface area contributed by atoms with E-state index < -0.39 is 5.60 Å². The van der Waals surface area contributed by atoms with Gasteiger partial charge < -0.3 is 15.7 Å². The Kier molecular flexibility index (Phi) is 6.90. The van der Waals surface area contributed by atoms with Crippen molar-refractivity contribution >= 4 is 23.1 Å². The number of aryl methyl sites for hydroxylation is 2. The Balaban J connectivity index is 1.40. The summed E-state index contributed by atoms with van der Waals surface area (Å²) in [5.74, 6) is 0.314. The van der Waals surface area contributed by atoms with Crippen molar-refractivity contribution in [2.45, 2.75) is 64.0 Å². The lowest BCUT2D eigenvalue weighted by atomic mass is 9.93. The zero-order chi connectivity index (χ0) is 25.4. The van der Waals surface area contributed by atoms with Gasteiger partial charge in [0.05, 0.1) is 11.3 Å². The first kappa shape index (κ1) is 24.9. The number of nitrogen functional groups attached to an aromatic ring is 1. The van der Waals surface area contributed by atoms with Crippen molar-refractivity contribution in [3.8, 4) is 11.1 Å². The normalized spacial score (nSPS) is 18.6. The molecular formula is C30H35ClN4O. The van der Waals surface area contributed by atoms with Crippen molar-refractivity contribution in [1.82, 2.24) is 9.88 Å². The number of aliphatic hydroxyl groups is 1. The molecule has 0 saturated carbocycles. The van der Waals surface area contributed by atoms with Crippen LogP contribution < -0.4 is 5.73 Å². The van der Waals surface area contributed by atoms with E-state index in [1.54, 1.807) is 38.2 Å². The zero-order valence-electron chi connectivity index (χ0n) is 21.1. The number of fused-ring (bicyclic) bond motifs is 1. The van der Waals surface area contributed by atoms with E-state index in [-0.39, 0.29) is 5.71 Å². The molecule has 1 saturated heterocycles. The van der Waals surface area contributed by atoms with Gasteiger partial charge in [0.15, 0.2) is 0 Å². The minimum absolute atomic E-state index is 0.259. The maximum absolute atomic E-state index is 10.3. The minimum atomic E-state index is -1.06. The van der Waals surface area contributed by atoms with E-state index in [2.05, 4.69) is 28.1 Å². The molecule has 0 amide bonds. The molecule has 6 heteroatoms. The summed E-state index contributed by atoms with van der Waals surface area (Å²) in [5, 5.41) is 19.6. The molecule has 36 heavy (non-hydrogen) atoms. The number of halogens is 1. The summed E-state index contributed by atoms with van der Waals surface area (Å²) in [5.41, 5.74) is 12.2. The fourth-order valence-corrected chi connectivity index (χ4v) is 6.11. The van der Waals surface area contributed by atoms with Crippen molar-refractivity contribution in [2.75, 3.05) is 18.8 Å². The highest BCUT2D eigenvalue weighted by molar-refractivity contribution is 6.32. The molecule has 3 aromatic rings. The average molecular weight is 503 g/mol. The number of nitrogens with zero attached hydrogens (tertiary/aromatic N) is 2. The molecule has 1 aliphatic carbocycles. The second-order valence-corrected chi connectivity index (χ2v) is 11.2. The highest BCUT2D eigenvalue weighted by Gasteiger charge is 2.25. The molecule has 0 radical (unpaired) electrons. The first-order valence-electron chi connectivity index (χ1n) is 12.9. The van der Waals surface area contributed by atoms with Gasteiger partial charge in [0.25, 0.3) is 0 Å². The van der Waals surface area contributed by atoms with Gasteiger partial charge in [0.2, 0.25) is 0 Å². The molecule has 2 aromatic carbocycles. The third-order valence-corrected chi connectivity index (χ3v) is 8.11. The van der Waals surface area contributed by atoms with Crippen molar-refractivity contribution in [2.24, 2.45) is 0 Å². The predicted octanol–water partition coefficient (Wildman–Crippen LogP) is 5.97. The zero-order valence-corrected chi connectivity index (χ0v) is 21.9. The molecule has 5 rings (SSSR count). The van der Waals surface area contributed by atoms with Crippen molar-refractivity contribution in [1.29, 1.82) is 5.41 Å². The number of hydrogen-bond acceptors (Lipinski definition) is 5. The van der Waals surface area contributed by atoms with Gasteiger partial charge >= 0.3 is 0 Å². The van der Waals surface area contributed by atoms with Crippen molar-refractivity contribution < 1.29 is 5.11 Å². The molecule has 0 spiro atoms. The number of benzene rings is 2. The van der Waals surface area contributed by atoms with E-state index in [9.17, 15) is 5.11 Å². The first-order valence-corrected chi connectivity index (χ1v) is 13.3. The molecule has 0 bridgehead atoms. The maximum Gasteiger partial charge on any atom is 0.132 e. The SMILES string of the molecule is CC(C)(O)c1ccc(C(=N)c2cc(-c3ccc4c(c3)CCC(N3CCCC3)CC4)cnc2N)cc1Cl. The third kappa shape index (κ3) is 5.06. The van der Waals surface area contributed by atoms with Gasteiger partial charge in [-0.2, -0.15) is 0 Å². The van der Waals surface area contributed by atoms with Crippen LogP contribution in [-0.2, 0) is 18.4 Å². The smallest absolute Gasteiger partial charge is 0.132 e. The van der Waals surface area contributed by atoms with Crippen LogP contribution in [0.1, 0.15) is 67.3 Å². The summed E-state index contributed by atoms with van der Waals surface area (Å²) < 4.78 is 0. The lowest BCUT2D eigenvalue weighted by Crippen LogP contribution is -2.32. The van der Waals surface area contributed by atoms with Gasteiger partial charge in [-0.15, -0.1) is 0 Å². The molecule has 2 aliphatic rings. The van der Waals surface area contributed by atoms with Crippen LogP contribution in [0.25, 0.3) is 11.1 Å². The highest BCUT2D eigenvalue weighted by atomic mass is 35.5. The number of nitrogens with one attached hydrogen (secondary N) is 1. The molecule has 2 heterocycles. The predicted molar refractivity (Wildman–Crippen MR) is 148 cm³/mol. The Labute approximate surface area is 218 Å². The summed E-state index contributed by atoms with van der Waals surface area (Å²) in [6, 6.07) is 14.7. The van der Waals surface area contributed by atoms with Gasteiger partial charge in [-0.05, 0) is 94.3 Å². The molecule has 1 aliphatic heterocycles. The summed E-state index contributed by atoms with van der Waals surface area (Å²) >= 11 is 6.44. The monoisotopic (exact) mass is 502 g/mol. The molecule has 1 atom stereocenters. The lowest BCUT2D eigenvalue weighted by Gasteiger charge is -2.26. The Bertz CT molecular complexity index is 1290. The molecule has 5 nitrogen and oxygen atoms in total. The standard InChI is InChI=1S/C30H35ClN4O/c1-30(2,36)26-12-9-22(17-27(26)31)28(32)25-16-23(18-34-29(25)33)21-6-5-19-7-10-24(11-8-20(19)15-21)35-13-3-4-14-35/h5-6,9,12,15-18,24,32,36H,3-4,7-8,10-11,13-14H2,1-2H3,(H2,33,34). The van der Waals surface area contributed by atoms with E-state index in [1.807, 2.05) is 6.07 Å². The summed E-state index contributed by atoms with van der Waals surface area (Å²) in [4.78, 5) is 7.12. The van der Waals surface area contributed by atoms with Crippen LogP contribution >= 0.6 is 11.6 Å². The van der Waals surface area contributed by atoms with E-state index in [0.29, 0.717) is 33.6 Å². The average Bonchev–Trinajstić information content (AvgIpc) is 3.30. The second kappa shape index (κ2) is 9.97. The molecule has 188 valence electrons. The van der Waals surface area contributed by atoms with Gasteiger partial charge in [-0.1, -0.05) is 41.9 Å². The van der Waals surface area contributed by atoms with Crippen LogP contribution in [0.15, 0.2) is 48.7 Å². The Hall–Kier alpha value is -2.73. The summed E-state index contributed by atoms with van der Waals surface area (Å²) in [6.45, 7) is 5.89. The minimum Gasteiger partial charge on any atom is -0.386 e. The maximum atomic E-state index is 10.3. The van der Waals surface area contributed by atoms with E-state index >= 15 is 0 Å². The molecule has 4 N–H and O–H groups in total. The first-order chi connectivity index (χ1) is 17.2. The van der Waals surface area contributed by atoms with Crippen LogP contribution in [-0.4, -0.2) is 39.8 Å². The number of nitrogens with two attached hydrogens (primary N) is 1. The van der Waals surface area contributed by atoms with E-state index in [0.717, 1.165) is 24.0 Å². The van der Waals surface area contributed by atoms with E-state index in [1.165, 1.54) is 49.9 Å². The number of anilines is 1. The van der Waals surface area contributed by atoms with Crippen molar-refractivity contribution in [3.63, 3.8) is 0 Å². The third-order valence-electron chi connectivity index (χ3n) is 7.80. The van der Waals surface area contributed by atoms with Gasteiger partial charge in [0, 0.05) is 39.5 Å². The van der Waals surface area contributed by atoms with Gasteiger partial charge in [-0.3, -0.25) is 5.41 Å². The van der Waals surface area contributed by atoms with Crippen LogP contribution in [0.3, 0.4) is 0 Å². The molecule has 1 fully saturated rings. The van der Waals surface area contributed by atoms with Crippen molar-refractivity contribution in [3.05, 3.63) is 81.5 Å². The Morgan fingerprint density at radius 1 is 1.03 bits per heavy atom. The van der Waals surface area contributed by atoms with Crippen LogP contribution in [0, 0.1) is 5.41 Å². The summed E-state index contributed by atoms with van der Waals surface area (Å²) in [7, 11) is 0. The number of hydrogen-bond donors (Lipinski definition) is 3. The van der Waals surface area contributed by atoms with Gasteiger partial charge in [0.1, 0.15) is 5.82 Å². The fraction of sp³-hybridized carbons (Fsp3) is 0.400. The molecular weight excluding hydrogens is 468 g/mol. The number of pyridine rings is 1. The van der Waals surface area contributed by atoms with Crippen LogP contribution in [0.5, 0.6) is 0 Å². The van der Waals surface area contributed by atoms with Crippen LogP contribution in [0.2, 0.25) is 5.02 Å². The topological polar surface area (TPSA) is 86.2 Å². The van der Waals surface area contributed by atoms with Crippen LogP contribution in [0.4, 0.5) is 5.82 Å². The second-order valence-electron chi connectivity index (χ2n) is 10.7. The number of rotatable bonds is 5. The Morgan fingerprint density at radius 3 is 2.44 bits per heavy atom. The Morgan fingerprint density at radius 2 is 1.75 bits per heavy atom. The lowest BCUT2D eigenvalue weighted by molar-refractivity contribution is 0.0787. The van der Waals surface area contributed by atoms with E-state index in [4.69, 9.17) is 22.7 Å². The number of aromatic nitrogens is 1. The summed E-state index contributed by atoms with van der Waals surface area (Å²) in [6.07, 6.45) is 9.16. The molecule has 1 unspecified atom stereocenters.